The zero-order valence-electron chi connectivity index (χ0n) is 13.4. The second-order valence-electron chi connectivity index (χ2n) is 6.52. The zero-order valence-corrected chi connectivity index (χ0v) is 15.5. The van der Waals surface area contributed by atoms with E-state index in [1.54, 1.807) is 0 Å². The standard InChI is InChI=1S/C18H23FINO2/c1-23-18(22)17-15(12-3-5-13(20)6-4-12)11-14-7-8-16(17)21(14)10-2-9-19/h3-6,14-17H,2,7-11H2,1H3/t14?,15?,16?,17-/m0/s1. The number of carbonyl (C=O) groups is 1. The molecule has 0 spiro atoms. The Balaban J connectivity index is 1.88. The minimum absolute atomic E-state index is 0.121. The van der Waals surface area contributed by atoms with Gasteiger partial charge in [-0.15, -0.1) is 0 Å². The molecule has 4 atom stereocenters. The Morgan fingerprint density at radius 2 is 2.09 bits per heavy atom. The molecule has 0 amide bonds. The molecule has 2 bridgehead atoms. The number of nitrogens with zero attached hydrogens (tertiary/aromatic N) is 1. The van der Waals surface area contributed by atoms with Crippen LogP contribution in [0.1, 0.15) is 37.2 Å². The Hall–Kier alpha value is -0.690. The van der Waals surface area contributed by atoms with Crippen molar-refractivity contribution in [3.63, 3.8) is 0 Å². The molecule has 1 aromatic carbocycles. The molecule has 2 aliphatic heterocycles. The Kier molecular flexibility index (Phi) is 5.57. The van der Waals surface area contributed by atoms with E-state index in [9.17, 15) is 9.18 Å². The van der Waals surface area contributed by atoms with E-state index in [1.807, 2.05) is 0 Å². The first-order chi connectivity index (χ1) is 11.2. The fraction of sp³-hybridized carbons (Fsp3) is 0.611. The summed E-state index contributed by atoms with van der Waals surface area (Å²) in [5.74, 6) is -0.0545. The maximum absolute atomic E-state index is 12.6. The predicted molar refractivity (Wildman–Crippen MR) is 96.1 cm³/mol. The Morgan fingerprint density at radius 3 is 2.74 bits per heavy atom. The van der Waals surface area contributed by atoms with Gasteiger partial charge in [-0.25, -0.2) is 0 Å². The molecule has 126 valence electrons. The number of halogens is 2. The average Bonchev–Trinajstić information content (AvgIpc) is 2.84. The van der Waals surface area contributed by atoms with E-state index in [2.05, 4.69) is 51.8 Å². The number of ether oxygens (including phenoxy) is 1. The third-order valence-electron chi connectivity index (χ3n) is 5.39. The van der Waals surface area contributed by atoms with Gasteiger partial charge in [-0.3, -0.25) is 14.1 Å². The lowest BCUT2D eigenvalue weighted by molar-refractivity contribution is -0.150. The van der Waals surface area contributed by atoms with E-state index >= 15 is 0 Å². The summed E-state index contributed by atoms with van der Waals surface area (Å²) in [6.07, 6.45) is 3.63. The fourth-order valence-electron chi connectivity index (χ4n) is 4.41. The maximum Gasteiger partial charge on any atom is 0.310 e. The van der Waals surface area contributed by atoms with Crippen molar-refractivity contribution in [2.24, 2.45) is 5.92 Å². The summed E-state index contributed by atoms with van der Waals surface area (Å²) < 4.78 is 18.9. The molecule has 23 heavy (non-hydrogen) atoms. The molecule has 2 fully saturated rings. The molecule has 3 unspecified atom stereocenters. The number of hydrogen-bond acceptors (Lipinski definition) is 3. The van der Waals surface area contributed by atoms with Crippen LogP contribution in [0.4, 0.5) is 4.39 Å². The fourth-order valence-corrected chi connectivity index (χ4v) is 4.77. The number of methoxy groups -OCH3 is 1. The molecule has 3 rings (SSSR count). The third-order valence-corrected chi connectivity index (χ3v) is 6.11. The van der Waals surface area contributed by atoms with Crippen LogP contribution in [-0.2, 0) is 9.53 Å². The lowest BCUT2D eigenvalue weighted by Crippen LogP contribution is -2.51. The van der Waals surface area contributed by atoms with Crippen molar-refractivity contribution < 1.29 is 13.9 Å². The van der Waals surface area contributed by atoms with Crippen molar-refractivity contribution in [3.8, 4) is 0 Å². The summed E-state index contributed by atoms with van der Waals surface area (Å²) in [5.41, 5.74) is 1.22. The number of carbonyl (C=O) groups excluding carboxylic acids is 1. The van der Waals surface area contributed by atoms with Gasteiger partial charge < -0.3 is 4.74 Å². The Bertz CT molecular complexity index is 550. The second-order valence-corrected chi connectivity index (χ2v) is 7.77. The molecule has 1 aromatic rings. The number of alkyl halides is 1. The molecule has 0 radical (unpaired) electrons. The number of esters is 1. The van der Waals surface area contributed by atoms with Gasteiger partial charge in [-0.2, -0.15) is 0 Å². The van der Waals surface area contributed by atoms with Crippen molar-refractivity contribution in [1.29, 1.82) is 0 Å². The molecule has 2 saturated heterocycles. The van der Waals surface area contributed by atoms with Crippen molar-refractivity contribution in [2.75, 3.05) is 20.3 Å². The first-order valence-electron chi connectivity index (χ1n) is 8.30. The number of rotatable bonds is 5. The summed E-state index contributed by atoms with van der Waals surface area (Å²) >= 11 is 2.30. The van der Waals surface area contributed by atoms with Crippen LogP contribution in [0.15, 0.2) is 24.3 Å². The highest BCUT2D eigenvalue weighted by atomic mass is 127. The molecule has 0 N–H and O–H groups in total. The van der Waals surface area contributed by atoms with Crippen molar-refractivity contribution in [1.82, 2.24) is 4.90 Å². The number of fused-ring (bicyclic) bond motifs is 2. The maximum atomic E-state index is 12.6. The molecule has 0 aliphatic carbocycles. The molecular weight excluding hydrogens is 408 g/mol. The first-order valence-corrected chi connectivity index (χ1v) is 9.38. The monoisotopic (exact) mass is 431 g/mol. The second kappa shape index (κ2) is 7.47. The highest BCUT2D eigenvalue weighted by Gasteiger charge is 2.50. The highest BCUT2D eigenvalue weighted by Crippen LogP contribution is 2.47. The lowest BCUT2D eigenvalue weighted by Gasteiger charge is -2.43. The molecule has 0 saturated carbocycles. The van der Waals surface area contributed by atoms with Gasteiger partial charge in [0, 0.05) is 28.1 Å². The molecule has 2 aliphatic rings. The van der Waals surface area contributed by atoms with Gasteiger partial charge in [0.1, 0.15) is 0 Å². The zero-order chi connectivity index (χ0) is 16.4. The van der Waals surface area contributed by atoms with Crippen LogP contribution in [0.25, 0.3) is 0 Å². The molecule has 0 aromatic heterocycles. The van der Waals surface area contributed by atoms with Gasteiger partial charge >= 0.3 is 5.97 Å². The molecule has 3 nitrogen and oxygen atoms in total. The Labute approximate surface area is 150 Å². The van der Waals surface area contributed by atoms with E-state index in [0.717, 1.165) is 25.8 Å². The largest absolute Gasteiger partial charge is 0.469 e. The van der Waals surface area contributed by atoms with Crippen LogP contribution in [0.3, 0.4) is 0 Å². The van der Waals surface area contributed by atoms with Gasteiger partial charge in [0.2, 0.25) is 0 Å². The molecule has 2 heterocycles. The normalized spacial score (nSPS) is 30.4. The molecule has 5 heteroatoms. The summed E-state index contributed by atoms with van der Waals surface area (Å²) in [6.45, 7) is 0.456. The molecular formula is C18H23FINO2. The summed E-state index contributed by atoms with van der Waals surface area (Å²) in [6, 6.07) is 9.13. The predicted octanol–water partition coefficient (Wildman–Crippen LogP) is 3.76. The minimum atomic E-state index is -0.292. The highest BCUT2D eigenvalue weighted by molar-refractivity contribution is 14.1. The van der Waals surface area contributed by atoms with Crippen LogP contribution in [0.5, 0.6) is 0 Å². The van der Waals surface area contributed by atoms with Crippen LogP contribution < -0.4 is 0 Å². The Morgan fingerprint density at radius 1 is 1.35 bits per heavy atom. The summed E-state index contributed by atoms with van der Waals surface area (Å²) in [7, 11) is 1.47. The van der Waals surface area contributed by atoms with E-state index in [4.69, 9.17) is 4.74 Å². The van der Waals surface area contributed by atoms with Crippen molar-refractivity contribution in [3.05, 3.63) is 33.4 Å². The average molecular weight is 431 g/mol. The quantitative estimate of drug-likeness (QED) is 0.526. The van der Waals surface area contributed by atoms with Crippen molar-refractivity contribution >= 4 is 28.6 Å². The third kappa shape index (κ3) is 3.40. The number of piperidine rings is 1. The van der Waals surface area contributed by atoms with Crippen LogP contribution in [-0.4, -0.2) is 43.3 Å². The minimum Gasteiger partial charge on any atom is -0.469 e. The number of hydrogen-bond donors (Lipinski definition) is 0. The van der Waals surface area contributed by atoms with Gasteiger partial charge in [-0.1, -0.05) is 12.1 Å². The number of benzene rings is 1. The summed E-state index contributed by atoms with van der Waals surface area (Å²) in [4.78, 5) is 14.9. The van der Waals surface area contributed by atoms with E-state index in [-0.39, 0.29) is 30.5 Å². The van der Waals surface area contributed by atoms with Gasteiger partial charge in [0.25, 0.3) is 0 Å². The van der Waals surface area contributed by atoms with E-state index in [1.165, 1.54) is 16.2 Å². The van der Waals surface area contributed by atoms with E-state index in [0.29, 0.717) is 12.5 Å². The first kappa shape index (κ1) is 17.1. The summed E-state index contributed by atoms with van der Waals surface area (Å²) in [5, 5.41) is 0. The smallest absolute Gasteiger partial charge is 0.310 e. The van der Waals surface area contributed by atoms with Gasteiger partial charge in [-0.05, 0) is 66.0 Å². The van der Waals surface area contributed by atoms with Crippen LogP contribution >= 0.6 is 22.6 Å². The van der Waals surface area contributed by atoms with Crippen LogP contribution in [0, 0.1) is 9.49 Å². The SMILES string of the molecule is COC(=O)[C@H]1C(c2ccc(I)cc2)CC2CCC1N2CCCF. The van der Waals surface area contributed by atoms with Gasteiger partial charge in [0.05, 0.1) is 19.7 Å². The van der Waals surface area contributed by atoms with Crippen LogP contribution in [0.2, 0.25) is 0 Å². The topological polar surface area (TPSA) is 29.5 Å². The van der Waals surface area contributed by atoms with Gasteiger partial charge in [0.15, 0.2) is 0 Å². The lowest BCUT2D eigenvalue weighted by atomic mass is 9.76. The van der Waals surface area contributed by atoms with E-state index < -0.39 is 0 Å². The van der Waals surface area contributed by atoms with Crippen molar-refractivity contribution in [2.45, 2.75) is 43.7 Å².